The first-order valence-corrected chi connectivity index (χ1v) is 9.97. The molecule has 7 nitrogen and oxygen atoms in total. The third-order valence-corrected chi connectivity index (χ3v) is 4.69. The number of ether oxygens (including phenoxy) is 1. The molecule has 0 radical (unpaired) electrons. The van der Waals surface area contributed by atoms with E-state index in [4.69, 9.17) is 9.84 Å². The first-order valence-electron chi connectivity index (χ1n) is 9.18. The molecule has 0 fully saturated rings. The van der Waals surface area contributed by atoms with Crippen molar-refractivity contribution in [1.82, 2.24) is 9.66 Å². The van der Waals surface area contributed by atoms with Gasteiger partial charge in [-0.05, 0) is 54.4 Å². The summed E-state index contributed by atoms with van der Waals surface area (Å²) in [5.74, 6) is 0.0250. The molecule has 0 amide bonds. The third-order valence-electron chi connectivity index (χ3n) is 4.19. The minimum atomic E-state index is -1.04. The number of nitrogens with zero attached hydrogens (tertiary/aromatic N) is 3. The van der Waals surface area contributed by atoms with Gasteiger partial charge in [0.2, 0.25) is 0 Å². The van der Waals surface area contributed by atoms with E-state index in [1.165, 1.54) is 4.68 Å². The third kappa shape index (κ3) is 5.29. The lowest BCUT2D eigenvalue weighted by Crippen LogP contribution is -2.22. The summed E-state index contributed by atoms with van der Waals surface area (Å²) in [6, 6.07) is 12.2. The van der Waals surface area contributed by atoms with Crippen LogP contribution < -0.4 is 10.3 Å². The number of aromatic nitrogens is 2. The summed E-state index contributed by atoms with van der Waals surface area (Å²) in [5, 5.41) is 13.5. The smallest absolute Gasteiger partial charge is 0.341 e. The Labute approximate surface area is 175 Å². The predicted molar refractivity (Wildman–Crippen MR) is 115 cm³/mol. The number of carboxylic acid groups (broad SMARTS) is 1. The minimum absolute atomic E-state index is 0.222. The Morgan fingerprint density at radius 3 is 2.72 bits per heavy atom. The number of aliphatic carboxylic acids is 1. The lowest BCUT2D eigenvalue weighted by molar-refractivity contribution is -0.139. The lowest BCUT2D eigenvalue weighted by Gasteiger charge is -2.09. The van der Waals surface area contributed by atoms with E-state index >= 15 is 0 Å². The lowest BCUT2D eigenvalue weighted by atomic mass is 10.2. The van der Waals surface area contributed by atoms with Crippen LogP contribution in [0.1, 0.15) is 31.2 Å². The molecule has 1 heterocycles. The molecule has 3 rings (SSSR count). The van der Waals surface area contributed by atoms with Crippen LogP contribution in [0.2, 0.25) is 0 Å². The highest BCUT2D eigenvalue weighted by Crippen LogP contribution is 2.17. The molecule has 0 unspecified atom stereocenters. The maximum atomic E-state index is 13.0. The summed E-state index contributed by atoms with van der Waals surface area (Å²) >= 11 is 3.39. The van der Waals surface area contributed by atoms with E-state index in [2.05, 4.69) is 32.9 Å². The fraction of sp³-hybridized carbons (Fsp3) is 0.238. The SMILES string of the molecule is CCCCc1nc2ccc(Br)cc2c(=O)n1N=Cc1ccc(OCC(=O)O)cc1. The van der Waals surface area contributed by atoms with Crippen molar-refractivity contribution in [3.63, 3.8) is 0 Å². The van der Waals surface area contributed by atoms with Crippen molar-refractivity contribution >= 4 is 39.0 Å². The largest absolute Gasteiger partial charge is 0.482 e. The molecule has 8 heteroatoms. The van der Waals surface area contributed by atoms with Crippen LogP contribution in [0.4, 0.5) is 0 Å². The monoisotopic (exact) mass is 457 g/mol. The predicted octanol–water partition coefficient (Wildman–Crippen LogP) is 3.85. The molecule has 29 heavy (non-hydrogen) atoms. The van der Waals surface area contributed by atoms with Crippen LogP contribution in [0.25, 0.3) is 10.9 Å². The number of hydrogen-bond acceptors (Lipinski definition) is 5. The number of rotatable bonds is 8. The van der Waals surface area contributed by atoms with Crippen molar-refractivity contribution in [2.45, 2.75) is 26.2 Å². The summed E-state index contributed by atoms with van der Waals surface area (Å²) in [4.78, 5) is 28.2. The maximum Gasteiger partial charge on any atom is 0.341 e. The van der Waals surface area contributed by atoms with Gasteiger partial charge in [0.05, 0.1) is 17.1 Å². The van der Waals surface area contributed by atoms with Crippen molar-refractivity contribution in [2.75, 3.05) is 6.61 Å². The second-order valence-corrected chi connectivity index (χ2v) is 7.32. The van der Waals surface area contributed by atoms with Crippen molar-refractivity contribution < 1.29 is 14.6 Å². The molecule has 0 bridgehead atoms. The van der Waals surface area contributed by atoms with Crippen molar-refractivity contribution in [1.29, 1.82) is 0 Å². The van der Waals surface area contributed by atoms with Gasteiger partial charge in [0, 0.05) is 10.9 Å². The minimum Gasteiger partial charge on any atom is -0.482 e. The molecule has 1 N–H and O–H groups in total. The van der Waals surface area contributed by atoms with Gasteiger partial charge < -0.3 is 9.84 Å². The Balaban J connectivity index is 1.94. The van der Waals surface area contributed by atoms with E-state index < -0.39 is 12.6 Å². The van der Waals surface area contributed by atoms with Gasteiger partial charge in [0.1, 0.15) is 11.6 Å². The van der Waals surface area contributed by atoms with E-state index in [0.29, 0.717) is 28.9 Å². The van der Waals surface area contributed by atoms with E-state index in [9.17, 15) is 9.59 Å². The van der Waals surface area contributed by atoms with Gasteiger partial charge in [0.25, 0.3) is 5.56 Å². The number of unbranched alkanes of at least 4 members (excludes halogenated alkanes) is 1. The highest BCUT2D eigenvalue weighted by Gasteiger charge is 2.10. The molecular formula is C21H20BrN3O4. The van der Waals surface area contributed by atoms with Gasteiger partial charge in [-0.3, -0.25) is 4.79 Å². The number of hydrogen-bond donors (Lipinski definition) is 1. The molecule has 0 spiro atoms. The summed E-state index contributed by atoms with van der Waals surface area (Å²) < 4.78 is 7.26. The fourth-order valence-electron chi connectivity index (χ4n) is 2.73. The Hall–Kier alpha value is -3.00. The van der Waals surface area contributed by atoms with Gasteiger partial charge in [-0.1, -0.05) is 29.3 Å². The molecule has 1 aromatic heterocycles. The zero-order valence-electron chi connectivity index (χ0n) is 15.8. The Kier molecular flexibility index (Phi) is 6.77. The van der Waals surface area contributed by atoms with Crippen LogP contribution in [-0.2, 0) is 11.2 Å². The Bertz CT molecular complexity index is 1110. The van der Waals surface area contributed by atoms with Crippen LogP contribution in [0, 0.1) is 0 Å². The molecule has 150 valence electrons. The summed E-state index contributed by atoms with van der Waals surface area (Å²) in [6.07, 6.45) is 4.11. The van der Waals surface area contributed by atoms with E-state index in [1.54, 1.807) is 36.5 Å². The maximum absolute atomic E-state index is 13.0. The number of aryl methyl sites for hydroxylation is 1. The van der Waals surface area contributed by atoms with E-state index in [1.807, 2.05) is 12.1 Å². The van der Waals surface area contributed by atoms with Gasteiger partial charge in [0.15, 0.2) is 6.61 Å². The summed E-state index contributed by atoms with van der Waals surface area (Å²) in [6.45, 7) is 1.68. The number of carboxylic acids is 1. The fourth-order valence-corrected chi connectivity index (χ4v) is 3.09. The molecule has 0 atom stereocenters. The van der Waals surface area contributed by atoms with Crippen molar-refractivity contribution in [2.24, 2.45) is 5.10 Å². The van der Waals surface area contributed by atoms with Crippen LogP contribution >= 0.6 is 15.9 Å². The van der Waals surface area contributed by atoms with Crippen LogP contribution in [-0.4, -0.2) is 33.6 Å². The zero-order valence-corrected chi connectivity index (χ0v) is 17.4. The average molecular weight is 458 g/mol. The Morgan fingerprint density at radius 2 is 2.03 bits per heavy atom. The first kappa shape index (κ1) is 20.7. The highest BCUT2D eigenvalue weighted by molar-refractivity contribution is 9.10. The second-order valence-electron chi connectivity index (χ2n) is 6.41. The molecule has 2 aromatic carbocycles. The highest BCUT2D eigenvalue weighted by atomic mass is 79.9. The van der Waals surface area contributed by atoms with Crippen LogP contribution in [0.15, 0.2) is 56.8 Å². The standard InChI is InChI=1S/C21H20BrN3O4/c1-2-3-4-19-24-18-10-7-15(22)11-17(18)21(28)25(19)23-12-14-5-8-16(9-6-14)29-13-20(26)27/h5-12H,2-4,13H2,1H3,(H,26,27). The summed E-state index contributed by atoms with van der Waals surface area (Å²) in [5.41, 5.74) is 1.17. The molecule has 0 saturated carbocycles. The molecule has 0 aliphatic carbocycles. The molecule has 3 aromatic rings. The topological polar surface area (TPSA) is 93.8 Å². The Morgan fingerprint density at radius 1 is 1.28 bits per heavy atom. The van der Waals surface area contributed by atoms with Gasteiger partial charge in [-0.2, -0.15) is 9.78 Å². The first-order chi connectivity index (χ1) is 14.0. The van der Waals surface area contributed by atoms with Crippen molar-refractivity contribution in [3.8, 4) is 5.75 Å². The number of halogens is 1. The number of fused-ring (bicyclic) bond motifs is 1. The normalized spacial score (nSPS) is 11.2. The summed E-state index contributed by atoms with van der Waals surface area (Å²) in [7, 11) is 0. The molecule has 0 aliphatic heterocycles. The number of carbonyl (C=O) groups is 1. The van der Waals surface area contributed by atoms with Gasteiger partial charge >= 0.3 is 5.97 Å². The second kappa shape index (κ2) is 9.47. The zero-order chi connectivity index (χ0) is 20.8. The van der Waals surface area contributed by atoms with Gasteiger partial charge in [-0.15, -0.1) is 0 Å². The average Bonchev–Trinajstić information content (AvgIpc) is 2.71. The van der Waals surface area contributed by atoms with E-state index in [0.717, 1.165) is 22.9 Å². The quantitative estimate of drug-likeness (QED) is 0.518. The molecule has 0 saturated heterocycles. The van der Waals surface area contributed by atoms with Crippen molar-refractivity contribution in [3.05, 3.63) is 68.7 Å². The number of benzene rings is 2. The molecule has 0 aliphatic rings. The molecular weight excluding hydrogens is 438 g/mol. The van der Waals surface area contributed by atoms with E-state index in [-0.39, 0.29) is 5.56 Å². The van der Waals surface area contributed by atoms with Gasteiger partial charge in [-0.25, -0.2) is 9.78 Å². The van der Waals surface area contributed by atoms with Crippen LogP contribution in [0.3, 0.4) is 0 Å². The van der Waals surface area contributed by atoms with Crippen LogP contribution in [0.5, 0.6) is 5.75 Å².